The molecule has 0 N–H and O–H groups in total. The van der Waals surface area contributed by atoms with E-state index in [4.69, 9.17) is 16.3 Å². The van der Waals surface area contributed by atoms with E-state index in [9.17, 15) is 18.5 Å². The first kappa shape index (κ1) is 21.5. The Bertz CT molecular complexity index is 982. The maximum Gasteiger partial charge on any atom is 0.271 e. The number of benzene rings is 2. The van der Waals surface area contributed by atoms with Crippen LogP contribution in [-0.2, 0) is 16.6 Å². The van der Waals surface area contributed by atoms with Gasteiger partial charge in [0.15, 0.2) is 0 Å². The topological polar surface area (TPSA) is 93.0 Å². The fourth-order valence-electron chi connectivity index (χ4n) is 3.31. The van der Waals surface area contributed by atoms with Crippen molar-refractivity contribution in [2.24, 2.45) is 0 Å². The zero-order chi connectivity index (χ0) is 21.0. The molecule has 29 heavy (non-hydrogen) atoms. The van der Waals surface area contributed by atoms with Crippen LogP contribution in [-0.4, -0.2) is 55.8 Å². The van der Waals surface area contributed by atoms with Gasteiger partial charge in [-0.25, -0.2) is 8.42 Å². The number of nitro groups is 1. The standard InChI is InChI=1S/C19H22ClN3O5S/c1-28-18-8-7-17(23(24)25)13-19(18)29(26,27)22-10-2-9-21(11-12-22)14-15-3-5-16(20)6-4-15/h3-8,13H,2,9-12,14H2,1H3. The normalized spacial score (nSPS) is 16.3. The van der Waals surface area contributed by atoms with Gasteiger partial charge in [-0.05, 0) is 36.7 Å². The summed E-state index contributed by atoms with van der Waals surface area (Å²) in [5.41, 5.74) is 0.814. The van der Waals surface area contributed by atoms with E-state index in [-0.39, 0.29) is 16.3 Å². The number of halogens is 1. The van der Waals surface area contributed by atoms with Crippen molar-refractivity contribution in [2.45, 2.75) is 17.9 Å². The number of non-ortho nitro benzene ring substituents is 1. The van der Waals surface area contributed by atoms with Crippen LogP contribution in [0.2, 0.25) is 5.02 Å². The Morgan fingerprint density at radius 2 is 1.83 bits per heavy atom. The zero-order valence-electron chi connectivity index (χ0n) is 16.0. The summed E-state index contributed by atoms with van der Waals surface area (Å²) in [7, 11) is -2.58. The van der Waals surface area contributed by atoms with Crippen LogP contribution in [0.4, 0.5) is 5.69 Å². The summed E-state index contributed by atoms with van der Waals surface area (Å²) >= 11 is 5.92. The molecule has 0 atom stereocenters. The van der Waals surface area contributed by atoms with Gasteiger partial charge in [0.2, 0.25) is 10.0 Å². The van der Waals surface area contributed by atoms with Gasteiger partial charge in [0.05, 0.1) is 12.0 Å². The Morgan fingerprint density at radius 1 is 1.10 bits per heavy atom. The smallest absolute Gasteiger partial charge is 0.271 e. The molecule has 1 fully saturated rings. The molecule has 0 bridgehead atoms. The molecule has 3 rings (SSSR count). The van der Waals surface area contributed by atoms with E-state index in [1.165, 1.54) is 23.5 Å². The minimum atomic E-state index is -3.93. The van der Waals surface area contributed by atoms with E-state index < -0.39 is 14.9 Å². The molecule has 0 spiro atoms. The van der Waals surface area contributed by atoms with Crippen molar-refractivity contribution < 1.29 is 18.1 Å². The Labute approximate surface area is 174 Å². The van der Waals surface area contributed by atoms with E-state index in [0.717, 1.165) is 18.2 Å². The number of ether oxygens (including phenoxy) is 1. The van der Waals surface area contributed by atoms with E-state index in [2.05, 4.69) is 4.90 Å². The summed E-state index contributed by atoms with van der Waals surface area (Å²) in [5.74, 6) is 0.0952. The molecular weight excluding hydrogens is 418 g/mol. The van der Waals surface area contributed by atoms with Crippen LogP contribution in [0.5, 0.6) is 5.75 Å². The van der Waals surface area contributed by atoms with Crippen molar-refractivity contribution in [3.05, 3.63) is 63.2 Å². The summed E-state index contributed by atoms with van der Waals surface area (Å²) in [4.78, 5) is 12.5. The summed E-state index contributed by atoms with van der Waals surface area (Å²) in [6.45, 7) is 2.64. The molecule has 1 saturated heterocycles. The fraction of sp³-hybridized carbons (Fsp3) is 0.368. The van der Waals surface area contributed by atoms with E-state index in [0.29, 0.717) is 37.6 Å². The summed E-state index contributed by atoms with van der Waals surface area (Å²) < 4.78 is 32.9. The molecule has 0 saturated carbocycles. The molecule has 0 amide bonds. The van der Waals surface area contributed by atoms with Gasteiger partial charge < -0.3 is 4.74 Å². The number of nitro benzene ring substituents is 1. The quantitative estimate of drug-likeness (QED) is 0.507. The van der Waals surface area contributed by atoms with E-state index in [1.807, 2.05) is 24.3 Å². The van der Waals surface area contributed by atoms with Gasteiger partial charge >= 0.3 is 0 Å². The fourth-order valence-corrected chi connectivity index (χ4v) is 5.08. The molecule has 8 nitrogen and oxygen atoms in total. The van der Waals surface area contributed by atoms with Crippen molar-refractivity contribution in [3.63, 3.8) is 0 Å². The minimum Gasteiger partial charge on any atom is -0.495 e. The number of nitrogens with zero attached hydrogens (tertiary/aromatic N) is 3. The van der Waals surface area contributed by atoms with Crippen molar-refractivity contribution in [3.8, 4) is 5.75 Å². The highest BCUT2D eigenvalue weighted by atomic mass is 35.5. The lowest BCUT2D eigenvalue weighted by Gasteiger charge is -2.22. The second-order valence-corrected chi connectivity index (χ2v) is 9.10. The minimum absolute atomic E-state index is 0.0952. The zero-order valence-corrected chi connectivity index (χ0v) is 17.5. The molecule has 2 aromatic rings. The molecular formula is C19H22ClN3O5S. The van der Waals surface area contributed by atoms with Crippen molar-refractivity contribution in [1.82, 2.24) is 9.21 Å². The third kappa shape index (κ3) is 5.05. The molecule has 156 valence electrons. The highest BCUT2D eigenvalue weighted by Crippen LogP contribution is 2.31. The first-order valence-corrected chi connectivity index (χ1v) is 10.9. The number of sulfonamides is 1. The molecule has 1 aliphatic heterocycles. The van der Waals surface area contributed by atoms with E-state index >= 15 is 0 Å². The summed E-state index contributed by atoms with van der Waals surface area (Å²) in [6.07, 6.45) is 0.657. The molecule has 0 aliphatic carbocycles. The Kier molecular flexibility index (Phi) is 6.74. The summed E-state index contributed by atoms with van der Waals surface area (Å²) in [5, 5.41) is 11.8. The molecule has 0 radical (unpaired) electrons. The number of hydrogen-bond donors (Lipinski definition) is 0. The molecule has 1 heterocycles. The van der Waals surface area contributed by atoms with Gasteiger partial charge in [-0.3, -0.25) is 15.0 Å². The van der Waals surface area contributed by atoms with Crippen LogP contribution in [0.3, 0.4) is 0 Å². The first-order chi connectivity index (χ1) is 13.8. The number of hydrogen-bond acceptors (Lipinski definition) is 6. The van der Waals surface area contributed by atoms with Crippen LogP contribution in [0, 0.1) is 10.1 Å². The van der Waals surface area contributed by atoms with Gasteiger partial charge in [0, 0.05) is 43.3 Å². The Hall–Kier alpha value is -2.20. The molecule has 0 unspecified atom stereocenters. The van der Waals surface area contributed by atoms with Crippen molar-refractivity contribution in [1.29, 1.82) is 0 Å². The van der Waals surface area contributed by atoms with Gasteiger partial charge in [-0.2, -0.15) is 4.31 Å². The van der Waals surface area contributed by atoms with Crippen LogP contribution in [0.15, 0.2) is 47.4 Å². The third-order valence-corrected chi connectivity index (χ3v) is 7.01. The third-order valence-electron chi connectivity index (χ3n) is 4.84. The maximum atomic E-state index is 13.2. The lowest BCUT2D eigenvalue weighted by atomic mass is 10.2. The van der Waals surface area contributed by atoms with Gasteiger partial charge in [0.1, 0.15) is 10.6 Å². The first-order valence-electron chi connectivity index (χ1n) is 9.10. The second-order valence-electron chi connectivity index (χ2n) is 6.75. The maximum absolute atomic E-state index is 13.2. The summed E-state index contributed by atoms with van der Waals surface area (Å²) in [6, 6.07) is 11.2. The van der Waals surface area contributed by atoms with Crippen LogP contribution in [0.1, 0.15) is 12.0 Å². The van der Waals surface area contributed by atoms with Crippen molar-refractivity contribution in [2.75, 3.05) is 33.3 Å². The Balaban J connectivity index is 1.77. The highest BCUT2D eigenvalue weighted by Gasteiger charge is 2.31. The number of methoxy groups -OCH3 is 1. The second kappa shape index (κ2) is 9.08. The van der Waals surface area contributed by atoms with Crippen LogP contribution >= 0.6 is 11.6 Å². The van der Waals surface area contributed by atoms with Crippen LogP contribution in [0.25, 0.3) is 0 Å². The molecule has 0 aromatic heterocycles. The van der Waals surface area contributed by atoms with Gasteiger partial charge in [-0.15, -0.1) is 0 Å². The molecule has 2 aromatic carbocycles. The van der Waals surface area contributed by atoms with Crippen LogP contribution < -0.4 is 4.74 Å². The average Bonchev–Trinajstić information content (AvgIpc) is 2.95. The molecule has 1 aliphatic rings. The number of rotatable bonds is 6. The molecule has 10 heteroatoms. The average molecular weight is 440 g/mol. The van der Waals surface area contributed by atoms with E-state index in [1.54, 1.807) is 0 Å². The van der Waals surface area contributed by atoms with Gasteiger partial charge in [0.25, 0.3) is 5.69 Å². The monoisotopic (exact) mass is 439 g/mol. The predicted molar refractivity (Wildman–Crippen MR) is 110 cm³/mol. The van der Waals surface area contributed by atoms with Gasteiger partial charge in [-0.1, -0.05) is 23.7 Å². The Morgan fingerprint density at radius 3 is 2.48 bits per heavy atom. The largest absolute Gasteiger partial charge is 0.495 e. The SMILES string of the molecule is COc1ccc([N+](=O)[O-])cc1S(=O)(=O)N1CCCN(Cc2ccc(Cl)cc2)CC1. The van der Waals surface area contributed by atoms with Crippen molar-refractivity contribution >= 4 is 27.3 Å². The lowest BCUT2D eigenvalue weighted by molar-refractivity contribution is -0.385. The highest BCUT2D eigenvalue weighted by molar-refractivity contribution is 7.89. The predicted octanol–water partition coefficient (Wildman–Crippen LogP) is 3.15. The lowest BCUT2D eigenvalue weighted by Crippen LogP contribution is -2.35.